The Balaban J connectivity index is 1.46. The zero-order chi connectivity index (χ0) is 18.1. The fourth-order valence-electron chi connectivity index (χ4n) is 4.40. The van der Waals surface area contributed by atoms with Crippen molar-refractivity contribution < 1.29 is 9.21 Å². The molecule has 2 aliphatic heterocycles. The molecule has 0 bridgehead atoms. The Labute approximate surface area is 154 Å². The number of fused-ring (bicyclic) bond motifs is 1. The van der Waals surface area contributed by atoms with Crippen molar-refractivity contribution in [2.45, 2.75) is 57.5 Å². The number of amides is 1. The molecule has 2 aliphatic rings. The highest BCUT2D eigenvalue weighted by Crippen LogP contribution is 2.29. The maximum atomic E-state index is 12.8. The minimum absolute atomic E-state index is 0.0212. The molecule has 1 amide bonds. The number of rotatable bonds is 4. The van der Waals surface area contributed by atoms with Crippen molar-refractivity contribution in [2.24, 2.45) is 0 Å². The molecule has 2 atom stereocenters. The molecule has 0 aliphatic carbocycles. The summed E-state index contributed by atoms with van der Waals surface area (Å²) < 4.78 is 6.03. The average molecular weight is 351 g/mol. The lowest BCUT2D eigenvalue weighted by molar-refractivity contribution is -0.134. The standard InChI is InChI=1S/C21H25N3O2/c1-14-17-8-6-15(13-22)12-20(17)26-19(14)9-7-16-4-3-11-24(16)21(25)18-5-2-10-23-18/h6,8,12,16,18,23H,2-5,7,9-11H2,1H3/t16-,18+/m0/s1. The Morgan fingerprint density at radius 3 is 3.04 bits per heavy atom. The van der Waals surface area contributed by atoms with Crippen LogP contribution in [-0.2, 0) is 11.2 Å². The minimum atomic E-state index is 0.0212. The third-order valence-electron chi connectivity index (χ3n) is 5.89. The van der Waals surface area contributed by atoms with Crippen molar-refractivity contribution in [3.63, 3.8) is 0 Å². The zero-order valence-corrected chi connectivity index (χ0v) is 15.3. The molecule has 26 heavy (non-hydrogen) atoms. The van der Waals surface area contributed by atoms with Gasteiger partial charge in [0.2, 0.25) is 5.91 Å². The average Bonchev–Trinajstić information content (AvgIpc) is 3.40. The number of benzene rings is 1. The number of aryl methyl sites for hydroxylation is 2. The van der Waals surface area contributed by atoms with Crippen LogP contribution in [0.2, 0.25) is 0 Å². The van der Waals surface area contributed by atoms with Crippen molar-refractivity contribution in [1.82, 2.24) is 10.2 Å². The Kier molecular flexibility index (Phi) is 4.69. The van der Waals surface area contributed by atoms with Crippen LogP contribution >= 0.6 is 0 Å². The minimum Gasteiger partial charge on any atom is -0.461 e. The van der Waals surface area contributed by atoms with Crippen LogP contribution in [0, 0.1) is 18.3 Å². The Bertz CT molecular complexity index is 858. The van der Waals surface area contributed by atoms with Gasteiger partial charge in [0.15, 0.2) is 0 Å². The molecule has 5 heteroatoms. The second kappa shape index (κ2) is 7.13. The van der Waals surface area contributed by atoms with Crippen LogP contribution in [0.4, 0.5) is 0 Å². The van der Waals surface area contributed by atoms with Crippen LogP contribution in [0.5, 0.6) is 0 Å². The predicted molar refractivity (Wildman–Crippen MR) is 99.7 cm³/mol. The summed E-state index contributed by atoms with van der Waals surface area (Å²) in [5, 5.41) is 13.5. The van der Waals surface area contributed by atoms with E-state index < -0.39 is 0 Å². The lowest BCUT2D eigenvalue weighted by atomic mass is 10.0. The van der Waals surface area contributed by atoms with Crippen molar-refractivity contribution in [3.05, 3.63) is 35.1 Å². The summed E-state index contributed by atoms with van der Waals surface area (Å²) >= 11 is 0. The monoisotopic (exact) mass is 351 g/mol. The van der Waals surface area contributed by atoms with E-state index in [1.54, 1.807) is 0 Å². The molecule has 2 saturated heterocycles. The summed E-state index contributed by atoms with van der Waals surface area (Å²) in [6, 6.07) is 8.10. The third-order valence-corrected chi connectivity index (χ3v) is 5.89. The lowest BCUT2D eigenvalue weighted by Gasteiger charge is -2.27. The number of carbonyl (C=O) groups excluding carboxylic acids is 1. The second-order valence-electron chi connectivity index (χ2n) is 7.49. The van der Waals surface area contributed by atoms with Crippen LogP contribution in [0.25, 0.3) is 11.0 Å². The molecule has 3 heterocycles. The highest BCUT2D eigenvalue weighted by atomic mass is 16.3. The molecule has 136 valence electrons. The molecule has 0 saturated carbocycles. The number of likely N-dealkylation sites (tertiary alicyclic amines) is 1. The van der Waals surface area contributed by atoms with Crippen LogP contribution < -0.4 is 5.32 Å². The molecular formula is C21H25N3O2. The van der Waals surface area contributed by atoms with Crippen molar-refractivity contribution >= 4 is 16.9 Å². The quantitative estimate of drug-likeness (QED) is 0.918. The molecule has 4 rings (SSSR count). The number of furan rings is 1. The first-order chi connectivity index (χ1) is 12.7. The smallest absolute Gasteiger partial charge is 0.239 e. The number of hydrogen-bond donors (Lipinski definition) is 1. The van der Waals surface area contributed by atoms with Gasteiger partial charge in [0.05, 0.1) is 17.7 Å². The lowest BCUT2D eigenvalue weighted by Crippen LogP contribution is -2.45. The number of nitrogens with zero attached hydrogens (tertiary/aromatic N) is 2. The molecule has 1 aromatic heterocycles. The molecular weight excluding hydrogens is 326 g/mol. The van der Waals surface area contributed by atoms with Gasteiger partial charge in [-0.25, -0.2) is 0 Å². The number of carbonyl (C=O) groups is 1. The van der Waals surface area contributed by atoms with E-state index in [2.05, 4.69) is 23.2 Å². The van der Waals surface area contributed by atoms with Gasteiger partial charge in [0.1, 0.15) is 11.3 Å². The van der Waals surface area contributed by atoms with E-state index in [1.807, 2.05) is 18.2 Å². The first-order valence-electron chi connectivity index (χ1n) is 9.63. The second-order valence-corrected chi connectivity index (χ2v) is 7.49. The van der Waals surface area contributed by atoms with E-state index in [0.717, 1.165) is 73.9 Å². The highest BCUT2D eigenvalue weighted by molar-refractivity contribution is 5.83. The van der Waals surface area contributed by atoms with Crippen molar-refractivity contribution in [3.8, 4) is 6.07 Å². The van der Waals surface area contributed by atoms with Gasteiger partial charge in [0, 0.05) is 24.4 Å². The molecule has 2 fully saturated rings. The summed E-state index contributed by atoms with van der Waals surface area (Å²) in [4.78, 5) is 14.8. The van der Waals surface area contributed by atoms with Crippen LogP contribution in [0.1, 0.15) is 49.0 Å². The summed E-state index contributed by atoms with van der Waals surface area (Å²) in [7, 11) is 0. The Morgan fingerprint density at radius 1 is 1.38 bits per heavy atom. The van der Waals surface area contributed by atoms with E-state index in [-0.39, 0.29) is 11.9 Å². The molecule has 1 aromatic carbocycles. The number of nitriles is 1. The molecule has 1 N–H and O–H groups in total. The Hall–Kier alpha value is -2.32. The molecule has 5 nitrogen and oxygen atoms in total. The van der Waals surface area contributed by atoms with E-state index in [4.69, 9.17) is 9.68 Å². The molecule has 0 radical (unpaired) electrons. The predicted octanol–water partition coefficient (Wildman–Crippen LogP) is 3.29. The molecule has 0 unspecified atom stereocenters. The van der Waals surface area contributed by atoms with Gasteiger partial charge >= 0.3 is 0 Å². The summed E-state index contributed by atoms with van der Waals surface area (Å²) in [5.74, 6) is 1.26. The van der Waals surface area contributed by atoms with Crippen LogP contribution in [-0.4, -0.2) is 36.0 Å². The first kappa shape index (κ1) is 17.1. The van der Waals surface area contributed by atoms with Gasteiger partial charge in [-0.3, -0.25) is 4.79 Å². The fraction of sp³-hybridized carbons (Fsp3) is 0.524. The largest absolute Gasteiger partial charge is 0.461 e. The van der Waals surface area contributed by atoms with Gasteiger partial charge in [0.25, 0.3) is 0 Å². The Morgan fingerprint density at radius 2 is 2.27 bits per heavy atom. The molecule has 0 spiro atoms. The van der Waals surface area contributed by atoms with Crippen molar-refractivity contribution in [1.29, 1.82) is 5.26 Å². The highest BCUT2D eigenvalue weighted by Gasteiger charge is 2.34. The van der Waals surface area contributed by atoms with E-state index in [9.17, 15) is 4.79 Å². The SMILES string of the molecule is Cc1c(CC[C@@H]2CCCN2C(=O)[C@H]2CCCN2)oc2cc(C#N)ccc12. The first-order valence-corrected chi connectivity index (χ1v) is 9.63. The van der Waals surface area contributed by atoms with Crippen LogP contribution in [0.3, 0.4) is 0 Å². The van der Waals surface area contributed by atoms with Gasteiger partial charge < -0.3 is 14.6 Å². The van der Waals surface area contributed by atoms with Crippen LogP contribution in [0.15, 0.2) is 22.6 Å². The number of nitrogens with one attached hydrogen (secondary N) is 1. The summed E-state index contributed by atoms with van der Waals surface area (Å²) in [6.45, 7) is 3.91. The summed E-state index contributed by atoms with van der Waals surface area (Å²) in [6.07, 6.45) is 5.99. The van der Waals surface area contributed by atoms with Gasteiger partial charge in [-0.1, -0.05) is 0 Å². The zero-order valence-electron chi connectivity index (χ0n) is 15.3. The molecule has 2 aromatic rings. The van der Waals surface area contributed by atoms with Gasteiger partial charge in [-0.2, -0.15) is 5.26 Å². The number of hydrogen-bond acceptors (Lipinski definition) is 4. The fourth-order valence-corrected chi connectivity index (χ4v) is 4.40. The van der Waals surface area contributed by atoms with Gasteiger partial charge in [-0.05, 0) is 69.3 Å². The van der Waals surface area contributed by atoms with E-state index >= 15 is 0 Å². The van der Waals surface area contributed by atoms with E-state index in [0.29, 0.717) is 11.6 Å². The summed E-state index contributed by atoms with van der Waals surface area (Å²) in [5.41, 5.74) is 2.55. The van der Waals surface area contributed by atoms with Gasteiger partial charge in [-0.15, -0.1) is 0 Å². The maximum absolute atomic E-state index is 12.8. The van der Waals surface area contributed by atoms with E-state index in [1.165, 1.54) is 0 Å². The normalized spacial score (nSPS) is 22.8. The maximum Gasteiger partial charge on any atom is 0.239 e. The third kappa shape index (κ3) is 3.10. The topological polar surface area (TPSA) is 69.3 Å². The van der Waals surface area contributed by atoms with Crippen molar-refractivity contribution in [2.75, 3.05) is 13.1 Å².